The van der Waals surface area contributed by atoms with E-state index in [2.05, 4.69) is 15.7 Å². The van der Waals surface area contributed by atoms with E-state index in [0.29, 0.717) is 11.4 Å². The lowest BCUT2D eigenvalue weighted by Crippen LogP contribution is -2.22. The number of benzene rings is 1. The molecule has 13 heteroatoms. The van der Waals surface area contributed by atoms with Crippen LogP contribution < -0.4 is 16.2 Å². The second-order valence-corrected chi connectivity index (χ2v) is 8.96. The van der Waals surface area contributed by atoms with Crippen molar-refractivity contribution in [2.75, 3.05) is 12.0 Å². The molecular weight excluding hydrogens is 508 g/mol. The number of aryl methyl sites for hydroxylation is 1. The third-order valence-corrected chi connectivity index (χ3v) is 6.34. The van der Waals surface area contributed by atoms with E-state index in [0.717, 1.165) is 27.8 Å². The molecule has 0 saturated carbocycles. The summed E-state index contributed by atoms with van der Waals surface area (Å²) in [6.45, 7) is -2.34. The van der Waals surface area contributed by atoms with Crippen molar-refractivity contribution in [1.29, 1.82) is 5.41 Å². The SMILES string of the molecule is Cn1nc(C(F)(F)CF)c(CNF)c1N/C=C(\C=N)c1cc(C(=O)NCc2ccccc2)c(Cl)s1. The van der Waals surface area contributed by atoms with Crippen molar-refractivity contribution in [3.05, 3.63) is 74.2 Å². The predicted molar refractivity (Wildman–Crippen MR) is 128 cm³/mol. The van der Waals surface area contributed by atoms with Crippen LogP contribution in [0.15, 0.2) is 42.6 Å². The summed E-state index contributed by atoms with van der Waals surface area (Å²) in [7, 11) is 1.33. The first-order valence-corrected chi connectivity index (χ1v) is 11.3. The molecule has 35 heavy (non-hydrogen) atoms. The molecule has 0 atom stereocenters. The molecule has 0 aliphatic heterocycles. The van der Waals surface area contributed by atoms with Gasteiger partial charge < -0.3 is 16.0 Å². The molecule has 2 aromatic heterocycles. The fraction of sp³-hybridized carbons (Fsp3) is 0.227. The summed E-state index contributed by atoms with van der Waals surface area (Å²) in [5.41, 5.74) is 1.48. The Morgan fingerprint density at radius 2 is 2.00 bits per heavy atom. The molecule has 2 heterocycles. The number of anilines is 1. The molecule has 0 aliphatic carbocycles. The van der Waals surface area contributed by atoms with Crippen LogP contribution in [0.1, 0.15) is 32.1 Å². The summed E-state index contributed by atoms with van der Waals surface area (Å²) in [5.74, 6) is -4.33. The van der Waals surface area contributed by atoms with Crippen LogP contribution in [0.2, 0.25) is 4.34 Å². The molecule has 1 aromatic carbocycles. The van der Waals surface area contributed by atoms with Gasteiger partial charge in [-0.1, -0.05) is 41.9 Å². The molecule has 0 saturated heterocycles. The zero-order chi connectivity index (χ0) is 25.6. The molecule has 186 valence electrons. The van der Waals surface area contributed by atoms with E-state index in [1.54, 1.807) is 0 Å². The average molecular weight is 529 g/mol. The van der Waals surface area contributed by atoms with Crippen molar-refractivity contribution in [2.45, 2.75) is 19.0 Å². The highest BCUT2D eigenvalue weighted by Gasteiger charge is 2.39. The predicted octanol–water partition coefficient (Wildman–Crippen LogP) is 5.20. The molecule has 0 bridgehead atoms. The van der Waals surface area contributed by atoms with Crippen LogP contribution in [0.25, 0.3) is 5.57 Å². The van der Waals surface area contributed by atoms with E-state index < -0.39 is 30.7 Å². The fourth-order valence-electron chi connectivity index (χ4n) is 3.21. The second-order valence-electron chi connectivity index (χ2n) is 7.30. The lowest BCUT2D eigenvalue weighted by molar-refractivity contribution is -0.0335. The average Bonchev–Trinajstić information content (AvgIpc) is 3.39. The summed E-state index contributed by atoms with van der Waals surface area (Å²) < 4.78 is 54.8. The largest absolute Gasteiger partial charge is 0.348 e. The Balaban J connectivity index is 1.83. The van der Waals surface area contributed by atoms with Crippen LogP contribution in [0.3, 0.4) is 0 Å². The highest BCUT2D eigenvalue weighted by atomic mass is 35.5. The Morgan fingerprint density at radius 3 is 2.63 bits per heavy atom. The number of carbonyl (C=O) groups excluding carboxylic acids is 1. The molecule has 7 nitrogen and oxygen atoms in total. The standard InChI is InChI=1S/C22H21ClF4N6OS/c1-33-20(16(11-31-27)18(32-33)22(25,26)12-24)29-10-14(8-28)17-7-15(19(23)35-17)21(34)30-9-13-5-3-2-4-6-13/h2-8,10,28-29,31H,9,11-12H2,1H3,(H,30,34)/b14-10+,28-8?. The fourth-order valence-corrected chi connectivity index (χ4v) is 4.47. The number of alkyl halides is 3. The Morgan fingerprint density at radius 1 is 1.29 bits per heavy atom. The van der Waals surface area contributed by atoms with Crippen LogP contribution in [-0.2, 0) is 26.1 Å². The maximum Gasteiger partial charge on any atom is 0.319 e. The molecule has 0 radical (unpaired) electrons. The third-order valence-electron chi connectivity index (χ3n) is 4.93. The van der Waals surface area contributed by atoms with Gasteiger partial charge in [0.15, 0.2) is 6.67 Å². The summed E-state index contributed by atoms with van der Waals surface area (Å²) in [6, 6.07) is 10.8. The minimum Gasteiger partial charge on any atom is -0.348 e. The first-order valence-electron chi connectivity index (χ1n) is 10.1. The second kappa shape index (κ2) is 11.5. The number of carbonyl (C=O) groups is 1. The number of hydrogen-bond donors (Lipinski definition) is 4. The van der Waals surface area contributed by atoms with Gasteiger partial charge >= 0.3 is 5.92 Å². The van der Waals surface area contributed by atoms with Crippen LogP contribution >= 0.6 is 22.9 Å². The van der Waals surface area contributed by atoms with Gasteiger partial charge in [0.05, 0.1) is 12.1 Å². The Hall–Kier alpha value is -3.22. The maximum atomic E-state index is 14.0. The summed E-state index contributed by atoms with van der Waals surface area (Å²) in [5, 5.41) is 16.9. The maximum absolute atomic E-state index is 14.0. The van der Waals surface area contributed by atoms with Gasteiger partial charge in [-0.3, -0.25) is 9.48 Å². The number of thiophene rings is 1. The normalized spacial score (nSPS) is 12.0. The van der Waals surface area contributed by atoms with E-state index >= 15 is 0 Å². The number of nitrogens with zero attached hydrogens (tertiary/aromatic N) is 2. The zero-order valence-corrected chi connectivity index (χ0v) is 19.9. The van der Waals surface area contributed by atoms with Gasteiger partial charge in [0.1, 0.15) is 15.8 Å². The monoisotopic (exact) mass is 528 g/mol. The van der Waals surface area contributed by atoms with Gasteiger partial charge in [0, 0.05) is 42.0 Å². The zero-order valence-electron chi connectivity index (χ0n) is 18.3. The van der Waals surface area contributed by atoms with E-state index in [1.807, 2.05) is 30.3 Å². The number of hydrogen-bond acceptors (Lipinski definition) is 6. The van der Waals surface area contributed by atoms with Crippen LogP contribution in [-0.4, -0.2) is 28.6 Å². The van der Waals surface area contributed by atoms with E-state index in [-0.39, 0.29) is 26.9 Å². The van der Waals surface area contributed by atoms with Crippen molar-refractivity contribution >= 4 is 46.5 Å². The van der Waals surface area contributed by atoms with E-state index in [4.69, 9.17) is 17.0 Å². The summed E-state index contributed by atoms with van der Waals surface area (Å²) in [4.78, 5) is 13.0. The number of allylic oxidation sites excluding steroid dienone is 1. The molecule has 3 aromatic rings. The molecule has 0 unspecified atom stereocenters. The number of amides is 1. The van der Waals surface area contributed by atoms with Gasteiger partial charge in [0.2, 0.25) is 0 Å². The summed E-state index contributed by atoms with van der Waals surface area (Å²) >= 11 is 7.30. The lowest BCUT2D eigenvalue weighted by atomic mass is 10.1. The Kier molecular flexibility index (Phi) is 8.65. The van der Waals surface area contributed by atoms with Crippen LogP contribution in [0, 0.1) is 5.41 Å². The lowest BCUT2D eigenvalue weighted by Gasteiger charge is -2.11. The van der Waals surface area contributed by atoms with Gasteiger partial charge in [-0.2, -0.15) is 19.4 Å². The molecule has 0 spiro atoms. The minimum atomic E-state index is -3.90. The minimum absolute atomic E-state index is 0.0268. The molecule has 4 N–H and O–H groups in total. The van der Waals surface area contributed by atoms with Crippen molar-refractivity contribution in [1.82, 2.24) is 20.6 Å². The Labute approximate surface area is 207 Å². The topological polar surface area (TPSA) is 94.8 Å². The Bertz CT molecular complexity index is 1230. The first kappa shape index (κ1) is 26.4. The number of nitrogens with one attached hydrogen (secondary N) is 4. The third kappa shape index (κ3) is 6.08. The van der Waals surface area contributed by atoms with Gasteiger partial charge in [-0.25, -0.2) is 4.39 Å². The molecule has 0 fully saturated rings. The van der Waals surface area contributed by atoms with Crippen molar-refractivity contribution in [3.8, 4) is 0 Å². The number of halogens is 5. The van der Waals surface area contributed by atoms with Gasteiger partial charge in [-0.05, 0) is 11.6 Å². The van der Waals surface area contributed by atoms with Gasteiger partial charge in [0.25, 0.3) is 5.91 Å². The highest BCUT2D eigenvalue weighted by Crippen LogP contribution is 2.35. The van der Waals surface area contributed by atoms with Crippen LogP contribution in [0.5, 0.6) is 0 Å². The molecular formula is C22H21ClF4N6OS. The van der Waals surface area contributed by atoms with Crippen molar-refractivity contribution in [2.24, 2.45) is 7.05 Å². The van der Waals surface area contributed by atoms with E-state index in [1.165, 1.54) is 24.9 Å². The summed E-state index contributed by atoms with van der Waals surface area (Å²) in [6.07, 6.45) is 2.28. The number of rotatable bonds is 11. The van der Waals surface area contributed by atoms with Gasteiger partial charge in [-0.15, -0.1) is 15.8 Å². The smallest absolute Gasteiger partial charge is 0.319 e. The quantitative estimate of drug-likeness (QED) is 0.156. The molecule has 1 amide bonds. The number of aromatic nitrogens is 2. The molecule has 0 aliphatic rings. The van der Waals surface area contributed by atoms with Crippen molar-refractivity contribution < 1.29 is 22.4 Å². The van der Waals surface area contributed by atoms with E-state index in [9.17, 15) is 22.4 Å². The molecule has 3 rings (SSSR count). The van der Waals surface area contributed by atoms with Crippen LogP contribution in [0.4, 0.5) is 23.5 Å². The van der Waals surface area contributed by atoms with Crippen molar-refractivity contribution in [3.63, 3.8) is 0 Å². The highest BCUT2D eigenvalue weighted by molar-refractivity contribution is 7.17. The first-order chi connectivity index (χ1) is 16.7.